The van der Waals surface area contributed by atoms with Crippen molar-refractivity contribution in [3.8, 4) is 33.7 Å². The second-order valence-corrected chi connectivity index (χ2v) is 11.1. The summed E-state index contributed by atoms with van der Waals surface area (Å²) in [6.45, 7) is 6.36. The van der Waals surface area contributed by atoms with E-state index in [0.29, 0.717) is 33.0 Å². The van der Waals surface area contributed by atoms with Crippen LogP contribution in [0.3, 0.4) is 0 Å². The molecule has 1 aliphatic rings. The van der Waals surface area contributed by atoms with Gasteiger partial charge in [0, 0.05) is 54.7 Å². The molecule has 39 heavy (non-hydrogen) atoms. The average molecular weight is 546 g/mol. The first kappa shape index (κ1) is 25.2. The number of aromatic hydroxyl groups is 1. The molecule has 3 aromatic carbocycles. The van der Waals surface area contributed by atoms with E-state index in [1.807, 2.05) is 18.3 Å². The van der Waals surface area contributed by atoms with Crippen molar-refractivity contribution >= 4 is 28.2 Å². The minimum atomic E-state index is -0.483. The molecule has 1 atom stereocenters. The minimum absolute atomic E-state index is 0.0540. The van der Waals surface area contributed by atoms with Gasteiger partial charge < -0.3 is 14.6 Å². The summed E-state index contributed by atoms with van der Waals surface area (Å²) in [7, 11) is 1.66. The highest BCUT2D eigenvalue weighted by atomic mass is 35.5. The molecule has 0 bridgehead atoms. The summed E-state index contributed by atoms with van der Waals surface area (Å²) in [5.41, 5.74) is 4.23. The Morgan fingerprint density at radius 3 is 2.54 bits per heavy atom. The van der Waals surface area contributed by atoms with E-state index in [1.165, 1.54) is 21.3 Å². The van der Waals surface area contributed by atoms with Crippen LogP contribution in [0.1, 0.15) is 26.7 Å². The Balaban J connectivity index is 1.45. The molecule has 5 aromatic rings. The van der Waals surface area contributed by atoms with E-state index in [2.05, 4.69) is 28.9 Å². The van der Waals surface area contributed by atoms with Crippen molar-refractivity contribution in [3.05, 3.63) is 82.4 Å². The zero-order valence-corrected chi connectivity index (χ0v) is 22.8. The van der Waals surface area contributed by atoms with Crippen molar-refractivity contribution in [1.29, 1.82) is 0 Å². The molecule has 2 aromatic heterocycles. The fourth-order valence-electron chi connectivity index (χ4n) is 5.52. The Kier molecular flexibility index (Phi) is 6.03. The number of hydrogen-bond acceptors (Lipinski definition) is 4. The van der Waals surface area contributed by atoms with E-state index < -0.39 is 5.82 Å². The lowest BCUT2D eigenvalue weighted by molar-refractivity contribution is 0.355. The third kappa shape index (κ3) is 4.29. The van der Waals surface area contributed by atoms with Gasteiger partial charge in [0.05, 0.1) is 22.4 Å². The number of phenols is 1. The fraction of sp³-hybridized carbons (Fsp3) is 0.267. The van der Waals surface area contributed by atoms with Crippen LogP contribution in [0.4, 0.5) is 10.1 Å². The number of H-pyrrole nitrogens is 1. The largest absolute Gasteiger partial charge is 0.507 e. The predicted octanol–water partition coefficient (Wildman–Crippen LogP) is 6.51. The van der Waals surface area contributed by atoms with E-state index in [-0.39, 0.29) is 16.9 Å². The van der Waals surface area contributed by atoms with Crippen LogP contribution in [0.25, 0.3) is 38.8 Å². The highest BCUT2D eigenvalue weighted by Crippen LogP contribution is 2.44. The third-order valence-corrected chi connectivity index (χ3v) is 8.44. The number of anilines is 1. The second kappa shape index (κ2) is 9.31. The van der Waals surface area contributed by atoms with E-state index in [4.69, 9.17) is 11.6 Å². The molecule has 200 valence electrons. The maximum Gasteiger partial charge on any atom is 0.332 e. The summed E-state index contributed by atoms with van der Waals surface area (Å²) in [6.07, 6.45) is 7.27. The molecular formula is C30H29ClFN5O2. The monoisotopic (exact) mass is 545 g/mol. The van der Waals surface area contributed by atoms with E-state index in [9.17, 15) is 9.90 Å². The van der Waals surface area contributed by atoms with Crippen molar-refractivity contribution in [2.24, 2.45) is 12.5 Å². The van der Waals surface area contributed by atoms with Crippen LogP contribution in [-0.4, -0.2) is 37.5 Å². The van der Waals surface area contributed by atoms with Crippen LogP contribution in [0, 0.1) is 11.2 Å². The zero-order chi connectivity index (χ0) is 27.5. The number of hydrogen-bond donors (Lipinski definition) is 2. The molecule has 1 aliphatic heterocycles. The third-order valence-electron chi connectivity index (χ3n) is 8.14. The molecule has 6 rings (SSSR count). The maximum absolute atomic E-state index is 15.1. The summed E-state index contributed by atoms with van der Waals surface area (Å²) < 4.78 is 17.9. The topological polar surface area (TPSA) is 79.1 Å². The molecule has 9 heteroatoms. The van der Waals surface area contributed by atoms with Crippen molar-refractivity contribution in [2.75, 3.05) is 18.0 Å². The van der Waals surface area contributed by atoms with Gasteiger partial charge in [-0.1, -0.05) is 31.5 Å². The highest BCUT2D eigenvalue weighted by molar-refractivity contribution is 6.32. The lowest BCUT2D eigenvalue weighted by atomic mass is 9.87. The van der Waals surface area contributed by atoms with Crippen LogP contribution >= 0.6 is 11.6 Å². The summed E-state index contributed by atoms with van der Waals surface area (Å²) in [5, 5.41) is 20.0. The zero-order valence-electron chi connectivity index (χ0n) is 22.0. The Morgan fingerprint density at radius 2 is 1.87 bits per heavy atom. The van der Waals surface area contributed by atoms with Crippen LogP contribution in [0.15, 0.2) is 65.8 Å². The van der Waals surface area contributed by atoms with Crippen molar-refractivity contribution in [1.82, 2.24) is 19.3 Å². The normalized spacial score (nSPS) is 17.4. The molecule has 0 aliphatic carbocycles. The van der Waals surface area contributed by atoms with Crippen molar-refractivity contribution in [2.45, 2.75) is 26.7 Å². The lowest BCUT2D eigenvalue weighted by Gasteiger charge is -2.25. The number of aryl methyl sites for hydroxylation is 1. The average Bonchev–Trinajstić information content (AvgIpc) is 3.64. The van der Waals surface area contributed by atoms with Crippen LogP contribution in [0.5, 0.6) is 5.75 Å². The van der Waals surface area contributed by atoms with Gasteiger partial charge in [0.1, 0.15) is 11.6 Å². The van der Waals surface area contributed by atoms with Crippen molar-refractivity contribution in [3.63, 3.8) is 0 Å². The number of aromatic nitrogens is 4. The van der Waals surface area contributed by atoms with E-state index in [1.54, 1.807) is 37.6 Å². The lowest BCUT2D eigenvalue weighted by Crippen LogP contribution is -2.24. The first-order valence-electron chi connectivity index (χ1n) is 13.0. The molecule has 7 nitrogen and oxygen atoms in total. The second-order valence-electron chi connectivity index (χ2n) is 10.7. The molecule has 1 unspecified atom stereocenters. The van der Waals surface area contributed by atoms with Crippen LogP contribution < -0.4 is 10.6 Å². The van der Waals surface area contributed by atoms with Gasteiger partial charge in [0.2, 0.25) is 0 Å². The Labute approximate surface area is 230 Å². The number of benzene rings is 3. The minimum Gasteiger partial charge on any atom is -0.507 e. The number of imidazole rings is 1. The number of fused-ring (bicyclic) bond motifs is 1. The smallest absolute Gasteiger partial charge is 0.332 e. The summed E-state index contributed by atoms with van der Waals surface area (Å²) in [4.78, 5) is 14.7. The molecule has 1 saturated heterocycles. The number of nitrogens with zero attached hydrogens (tertiary/aromatic N) is 4. The predicted molar refractivity (Wildman–Crippen MR) is 153 cm³/mol. The molecule has 0 spiro atoms. The molecule has 0 saturated carbocycles. The summed E-state index contributed by atoms with van der Waals surface area (Å²) >= 11 is 6.56. The molecule has 0 radical (unpaired) electrons. The number of halogens is 2. The summed E-state index contributed by atoms with van der Waals surface area (Å²) in [6, 6.07) is 11.6. The van der Waals surface area contributed by atoms with Crippen molar-refractivity contribution < 1.29 is 9.50 Å². The van der Waals surface area contributed by atoms with Crippen LogP contribution in [0.2, 0.25) is 5.02 Å². The number of nitrogens with one attached hydrogen (secondary N) is 1. The quantitative estimate of drug-likeness (QED) is 0.264. The SMILES string of the molecule is CCC1(C)CCN(c2cc(-c3cc(F)cc(-c4ccc(-n5ccn(C)c5=O)c(Cl)c4)c3O)cc3[nH]ncc23)C1. The number of rotatable bonds is 5. The maximum atomic E-state index is 15.1. The Hall–Kier alpha value is -4.04. The van der Waals surface area contributed by atoms with Gasteiger partial charge in [-0.25, -0.2) is 9.18 Å². The molecule has 2 N–H and O–H groups in total. The molecule has 0 amide bonds. The molecular weight excluding hydrogens is 517 g/mol. The fourth-order valence-corrected chi connectivity index (χ4v) is 5.80. The van der Waals surface area contributed by atoms with E-state index in [0.717, 1.165) is 42.5 Å². The van der Waals surface area contributed by atoms with E-state index >= 15 is 4.39 Å². The van der Waals surface area contributed by atoms with Gasteiger partial charge in [-0.05, 0) is 65.8 Å². The molecule has 1 fully saturated rings. The standard InChI is InChI=1S/C30H29ClFN5O2/c1-4-30(2)7-8-36(17-30)27-13-19(12-25-23(27)16-33-34-25)22-15-20(32)14-21(28(22)38)18-5-6-26(24(31)11-18)37-10-9-35(3)29(37)39/h5-6,9-16,38H,4,7-8,17H2,1-3H3,(H,33,34). The first-order chi connectivity index (χ1) is 18.7. The van der Waals surface area contributed by atoms with Gasteiger partial charge in [0.15, 0.2) is 0 Å². The van der Waals surface area contributed by atoms with Gasteiger partial charge in [-0.15, -0.1) is 0 Å². The Bertz CT molecular complexity index is 1790. The van der Waals surface area contributed by atoms with Gasteiger partial charge in [-0.3, -0.25) is 9.67 Å². The van der Waals surface area contributed by atoms with Gasteiger partial charge in [0.25, 0.3) is 0 Å². The highest BCUT2D eigenvalue weighted by Gasteiger charge is 2.33. The number of phenolic OH excluding ortho intramolecular Hbond substituents is 1. The number of aromatic amines is 1. The van der Waals surface area contributed by atoms with Gasteiger partial charge in [-0.2, -0.15) is 5.10 Å². The first-order valence-corrected chi connectivity index (χ1v) is 13.3. The van der Waals surface area contributed by atoms with Crippen LogP contribution in [-0.2, 0) is 7.05 Å². The molecule has 3 heterocycles. The Morgan fingerprint density at radius 1 is 1.10 bits per heavy atom. The summed E-state index contributed by atoms with van der Waals surface area (Å²) in [5.74, 6) is -0.537. The van der Waals surface area contributed by atoms with Gasteiger partial charge >= 0.3 is 5.69 Å².